The lowest BCUT2D eigenvalue weighted by atomic mass is 10.6. The fourth-order valence-corrected chi connectivity index (χ4v) is 2.69. The van der Waals surface area contributed by atoms with Gasteiger partial charge in [-0.2, -0.15) is 4.98 Å². The van der Waals surface area contributed by atoms with Crippen molar-refractivity contribution in [3.63, 3.8) is 0 Å². The number of nitrogens with zero attached hydrogens (tertiary/aromatic N) is 3. The van der Waals surface area contributed by atoms with Gasteiger partial charge in [-0.1, -0.05) is 0 Å². The Hall–Kier alpha value is -2.49. The maximum absolute atomic E-state index is 10.9. The van der Waals surface area contributed by atoms with E-state index >= 15 is 0 Å². The summed E-state index contributed by atoms with van der Waals surface area (Å²) in [7, 11) is 1.74. The fourth-order valence-electron chi connectivity index (χ4n) is 1.69. The molecule has 0 amide bonds. The van der Waals surface area contributed by atoms with Gasteiger partial charge in [-0.3, -0.25) is 0 Å². The quantitative estimate of drug-likeness (QED) is 0.288. The van der Waals surface area contributed by atoms with Crippen LogP contribution in [0.1, 0.15) is 0 Å². The number of hydrogen-bond donors (Lipinski definition) is 2. The van der Waals surface area contributed by atoms with E-state index in [2.05, 4.69) is 24.9 Å². The van der Waals surface area contributed by atoms with Gasteiger partial charge in [-0.15, -0.1) is 9.97 Å². The number of H-pyrrole nitrogens is 4. The molecule has 96 valence electrons. The van der Waals surface area contributed by atoms with Gasteiger partial charge in [0.05, 0.1) is 13.4 Å². The molecule has 19 heavy (non-hydrogen) atoms. The highest BCUT2D eigenvalue weighted by Crippen LogP contribution is 2.30. The van der Waals surface area contributed by atoms with Crippen molar-refractivity contribution < 1.29 is 19.5 Å². The van der Waals surface area contributed by atoms with Gasteiger partial charge in [-0.05, 0) is 4.92 Å². The molecule has 0 bridgehead atoms. The lowest BCUT2D eigenvalue weighted by molar-refractivity contribution is -0.708. The second-order valence-electron chi connectivity index (χ2n) is 3.79. The Balaban J connectivity index is 2.08. The Morgan fingerprint density at radius 3 is 3.11 bits per heavy atom. The van der Waals surface area contributed by atoms with Crippen molar-refractivity contribution >= 4 is 28.7 Å². The fraction of sp³-hybridized carbons (Fsp3) is 0.111. The Kier molecular flexibility index (Phi) is 2.63. The predicted octanol–water partition coefficient (Wildman–Crippen LogP) is -0.597. The molecule has 0 aromatic carbocycles. The number of nitro groups is 1. The van der Waals surface area contributed by atoms with Gasteiger partial charge >= 0.3 is 17.8 Å². The van der Waals surface area contributed by atoms with Crippen molar-refractivity contribution in [1.29, 1.82) is 0 Å². The van der Waals surface area contributed by atoms with Crippen LogP contribution in [0.15, 0.2) is 29.0 Å². The van der Waals surface area contributed by atoms with Crippen molar-refractivity contribution in [2.24, 2.45) is 7.05 Å². The van der Waals surface area contributed by atoms with Crippen LogP contribution in [0.4, 0.5) is 5.82 Å². The van der Waals surface area contributed by atoms with Crippen molar-refractivity contribution in [1.82, 2.24) is 15.0 Å². The van der Waals surface area contributed by atoms with Crippen LogP contribution in [-0.2, 0) is 7.05 Å². The van der Waals surface area contributed by atoms with E-state index in [-0.39, 0.29) is 5.82 Å². The Morgan fingerprint density at radius 2 is 2.32 bits per heavy atom. The minimum Gasteiger partial charge on any atom is -0.358 e. The molecule has 3 rings (SSSR count). The molecule has 3 aromatic rings. The number of aromatic amines is 4. The predicted molar refractivity (Wildman–Crippen MR) is 62.0 cm³/mol. The SMILES string of the molecule is C[n+]1c[nH]c([N+](=O)[O-])c1Sc1[nH+]c[nH+]c2nc[nH]c12. The van der Waals surface area contributed by atoms with Crippen molar-refractivity contribution in [2.75, 3.05) is 0 Å². The van der Waals surface area contributed by atoms with Gasteiger partial charge in [0.15, 0.2) is 0 Å². The summed E-state index contributed by atoms with van der Waals surface area (Å²) in [6.45, 7) is 0. The standard InChI is InChI=1S/C9H7N7O2S/c1-15-4-14-7(16(17)18)9(15)19-8-5-6(11-2-10-5)12-3-13-8/h2-4H,1H3,(H,10,11,12,13)/p+3. The molecule has 3 heterocycles. The molecular formula is C9H10N7O2S+3. The average molecular weight is 280 g/mol. The largest absolute Gasteiger partial charge is 0.406 e. The summed E-state index contributed by atoms with van der Waals surface area (Å²) in [6, 6.07) is 0. The first-order valence-electron chi connectivity index (χ1n) is 5.31. The summed E-state index contributed by atoms with van der Waals surface area (Å²) in [5.74, 6) is -0.0404. The second kappa shape index (κ2) is 4.31. The van der Waals surface area contributed by atoms with E-state index in [1.54, 1.807) is 30.6 Å². The second-order valence-corrected chi connectivity index (χ2v) is 4.78. The first-order chi connectivity index (χ1) is 9.16. The van der Waals surface area contributed by atoms with E-state index in [1.165, 1.54) is 11.8 Å². The van der Waals surface area contributed by atoms with Crippen LogP contribution in [0.25, 0.3) is 11.2 Å². The Labute approximate surface area is 110 Å². The van der Waals surface area contributed by atoms with Crippen molar-refractivity contribution in [3.05, 3.63) is 29.1 Å². The van der Waals surface area contributed by atoms with Crippen LogP contribution in [0.3, 0.4) is 0 Å². The molecule has 0 saturated carbocycles. The van der Waals surface area contributed by atoms with Gasteiger partial charge < -0.3 is 15.1 Å². The molecule has 0 saturated heterocycles. The molecule has 0 atom stereocenters. The summed E-state index contributed by atoms with van der Waals surface area (Å²) in [5.41, 5.74) is 1.45. The highest BCUT2D eigenvalue weighted by molar-refractivity contribution is 7.99. The van der Waals surface area contributed by atoms with Gasteiger partial charge in [0, 0.05) is 11.8 Å². The number of nitrogens with one attached hydrogen (secondary N) is 4. The lowest BCUT2D eigenvalue weighted by Crippen LogP contribution is -2.28. The third-order valence-electron chi connectivity index (χ3n) is 2.58. The van der Waals surface area contributed by atoms with Crippen LogP contribution in [0.5, 0.6) is 0 Å². The molecular weight excluding hydrogens is 270 g/mol. The third kappa shape index (κ3) is 1.91. The van der Waals surface area contributed by atoms with Crippen molar-refractivity contribution in [2.45, 2.75) is 10.1 Å². The number of hydrogen-bond acceptors (Lipinski definition) is 4. The highest BCUT2D eigenvalue weighted by atomic mass is 32.2. The smallest absolute Gasteiger partial charge is 0.358 e. The minimum atomic E-state index is -0.443. The molecule has 3 aromatic heterocycles. The van der Waals surface area contributed by atoms with E-state index in [0.717, 1.165) is 10.5 Å². The van der Waals surface area contributed by atoms with Crippen LogP contribution < -0.4 is 14.5 Å². The summed E-state index contributed by atoms with van der Waals surface area (Å²) in [6.07, 6.45) is 4.73. The number of aryl methyl sites for hydroxylation is 1. The molecule has 0 unspecified atom stereocenters. The maximum atomic E-state index is 10.9. The zero-order valence-electron chi connectivity index (χ0n) is 9.80. The van der Waals surface area contributed by atoms with Crippen LogP contribution in [0, 0.1) is 10.1 Å². The highest BCUT2D eigenvalue weighted by Gasteiger charge is 2.27. The minimum absolute atomic E-state index is 0.0404. The van der Waals surface area contributed by atoms with E-state index in [0.29, 0.717) is 10.7 Å². The van der Waals surface area contributed by atoms with Gasteiger partial charge in [-0.25, -0.2) is 9.55 Å². The molecule has 0 aliphatic rings. The molecule has 0 fully saturated rings. The van der Waals surface area contributed by atoms with Crippen LogP contribution in [-0.4, -0.2) is 19.9 Å². The molecule has 0 spiro atoms. The zero-order chi connectivity index (χ0) is 13.4. The van der Waals surface area contributed by atoms with Crippen LogP contribution >= 0.6 is 11.8 Å². The summed E-state index contributed by atoms with van der Waals surface area (Å²) in [5, 5.41) is 12.2. The molecule has 4 N–H and O–H groups in total. The lowest BCUT2D eigenvalue weighted by Gasteiger charge is -1.94. The van der Waals surface area contributed by atoms with E-state index in [1.807, 2.05) is 0 Å². The first-order valence-corrected chi connectivity index (χ1v) is 6.13. The Morgan fingerprint density at radius 1 is 1.47 bits per heavy atom. The molecule has 0 aliphatic heterocycles. The number of fused-ring (bicyclic) bond motifs is 1. The number of aromatic nitrogens is 6. The topological polar surface area (TPSA) is 120 Å². The molecule has 9 nitrogen and oxygen atoms in total. The maximum Gasteiger partial charge on any atom is 0.406 e. The Bertz CT molecular complexity index is 765. The van der Waals surface area contributed by atoms with Crippen LogP contribution in [0.2, 0.25) is 0 Å². The van der Waals surface area contributed by atoms with E-state index in [9.17, 15) is 10.1 Å². The van der Waals surface area contributed by atoms with Gasteiger partial charge in [0.2, 0.25) is 11.8 Å². The summed E-state index contributed by atoms with van der Waals surface area (Å²) < 4.78 is 1.66. The molecule has 0 aliphatic carbocycles. The van der Waals surface area contributed by atoms with E-state index in [4.69, 9.17) is 0 Å². The van der Waals surface area contributed by atoms with E-state index < -0.39 is 4.92 Å². The van der Waals surface area contributed by atoms with Gasteiger partial charge in [0.25, 0.3) is 10.1 Å². The third-order valence-corrected chi connectivity index (χ3v) is 3.78. The average Bonchev–Trinajstić information content (AvgIpc) is 2.97. The summed E-state index contributed by atoms with van der Waals surface area (Å²) >= 11 is 1.25. The van der Waals surface area contributed by atoms with Gasteiger partial charge in [0.1, 0.15) is 0 Å². The summed E-state index contributed by atoms with van der Waals surface area (Å²) in [4.78, 5) is 26.2. The number of imidazole rings is 2. The van der Waals surface area contributed by atoms with Crippen molar-refractivity contribution in [3.8, 4) is 0 Å². The normalized spacial score (nSPS) is 11.0. The monoisotopic (exact) mass is 280 g/mol. The molecule has 10 heteroatoms. The molecule has 0 radical (unpaired) electrons. The zero-order valence-corrected chi connectivity index (χ0v) is 10.6. The number of rotatable bonds is 3. The first kappa shape index (κ1) is 11.6.